The Hall–Kier alpha value is -2.30. The predicted octanol–water partition coefficient (Wildman–Crippen LogP) is 1.85. The van der Waals surface area contributed by atoms with Gasteiger partial charge in [-0.2, -0.15) is 0 Å². The number of hydrogen-bond acceptors (Lipinski definition) is 4. The molecule has 5 nitrogen and oxygen atoms in total. The molecule has 0 spiro atoms. The molecular weight excluding hydrogens is 230 g/mol. The van der Waals surface area contributed by atoms with Crippen LogP contribution < -0.4 is 10.6 Å². The van der Waals surface area contributed by atoms with Crippen molar-refractivity contribution in [3.8, 4) is 0 Å². The molecule has 0 atom stereocenters. The average Bonchev–Trinajstić information content (AvgIpc) is 2.90. The summed E-state index contributed by atoms with van der Waals surface area (Å²) in [6.07, 6.45) is 3.28. The lowest BCUT2D eigenvalue weighted by Crippen LogP contribution is -2.35. The molecule has 2 N–H and O–H groups in total. The van der Waals surface area contributed by atoms with Gasteiger partial charge in [0.2, 0.25) is 0 Å². The number of rotatable bonds is 1. The van der Waals surface area contributed by atoms with Crippen LogP contribution in [0.25, 0.3) is 0 Å². The lowest BCUT2D eigenvalue weighted by molar-refractivity contribution is 0.0976. The monoisotopic (exact) mass is 243 g/mol. The van der Waals surface area contributed by atoms with E-state index in [9.17, 15) is 4.79 Å². The van der Waals surface area contributed by atoms with Gasteiger partial charge in [-0.1, -0.05) is 5.16 Å². The minimum Gasteiger partial charge on any atom is -0.399 e. The Labute approximate surface area is 104 Å². The van der Waals surface area contributed by atoms with Crippen molar-refractivity contribution in [3.05, 3.63) is 41.8 Å². The average molecular weight is 243 g/mol. The van der Waals surface area contributed by atoms with Crippen molar-refractivity contribution in [3.63, 3.8) is 0 Å². The molecule has 1 aliphatic heterocycles. The Kier molecular flexibility index (Phi) is 2.51. The predicted molar refractivity (Wildman–Crippen MR) is 67.4 cm³/mol. The number of anilines is 2. The molecule has 0 saturated carbocycles. The molecule has 0 bridgehead atoms. The molecule has 92 valence electrons. The Balaban J connectivity index is 1.99. The van der Waals surface area contributed by atoms with Crippen molar-refractivity contribution < 1.29 is 9.32 Å². The molecule has 2 heterocycles. The van der Waals surface area contributed by atoms with Gasteiger partial charge in [-0.05, 0) is 36.6 Å². The number of nitrogens with zero attached hydrogens (tertiary/aromatic N) is 2. The van der Waals surface area contributed by atoms with Crippen LogP contribution in [-0.4, -0.2) is 17.6 Å². The van der Waals surface area contributed by atoms with Gasteiger partial charge < -0.3 is 15.2 Å². The van der Waals surface area contributed by atoms with Crippen molar-refractivity contribution in [2.24, 2.45) is 0 Å². The number of hydrogen-bond donors (Lipinski definition) is 1. The van der Waals surface area contributed by atoms with E-state index in [0.29, 0.717) is 12.2 Å². The Morgan fingerprint density at radius 3 is 3.06 bits per heavy atom. The summed E-state index contributed by atoms with van der Waals surface area (Å²) < 4.78 is 4.72. The van der Waals surface area contributed by atoms with Crippen molar-refractivity contribution in [2.75, 3.05) is 17.2 Å². The van der Waals surface area contributed by atoms with Gasteiger partial charge in [-0.25, -0.2) is 0 Å². The molecule has 1 amide bonds. The van der Waals surface area contributed by atoms with Crippen LogP contribution in [0.5, 0.6) is 0 Å². The van der Waals surface area contributed by atoms with Crippen molar-refractivity contribution >= 4 is 17.3 Å². The maximum atomic E-state index is 12.3. The molecule has 18 heavy (non-hydrogen) atoms. The van der Waals surface area contributed by atoms with Crippen molar-refractivity contribution in [1.29, 1.82) is 0 Å². The van der Waals surface area contributed by atoms with E-state index in [1.807, 2.05) is 18.2 Å². The highest BCUT2D eigenvalue weighted by atomic mass is 16.5. The molecule has 3 rings (SSSR count). The van der Waals surface area contributed by atoms with E-state index < -0.39 is 0 Å². The topological polar surface area (TPSA) is 72.4 Å². The third-order valence-electron chi connectivity index (χ3n) is 3.12. The third kappa shape index (κ3) is 1.73. The molecular formula is C13H13N3O2. The SMILES string of the molecule is Nc1ccc2c(c1)CCCN2C(=O)c1ccon1. The number of carbonyl (C=O) groups is 1. The maximum absolute atomic E-state index is 12.3. The fourth-order valence-corrected chi connectivity index (χ4v) is 2.29. The highest BCUT2D eigenvalue weighted by Gasteiger charge is 2.25. The summed E-state index contributed by atoms with van der Waals surface area (Å²) in [5.74, 6) is -0.130. The summed E-state index contributed by atoms with van der Waals surface area (Å²) in [6.45, 7) is 0.697. The highest BCUT2D eigenvalue weighted by Crippen LogP contribution is 2.29. The van der Waals surface area contributed by atoms with Gasteiger partial charge in [-0.15, -0.1) is 0 Å². The molecule has 1 aliphatic rings. The minimum atomic E-state index is -0.130. The largest absolute Gasteiger partial charge is 0.399 e. The molecule has 0 radical (unpaired) electrons. The van der Waals surface area contributed by atoms with Crippen LogP contribution in [0.4, 0.5) is 11.4 Å². The number of aryl methyl sites for hydroxylation is 1. The zero-order valence-electron chi connectivity index (χ0n) is 9.80. The minimum absolute atomic E-state index is 0.130. The number of aromatic nitrogens is 1. The second-order valence-corrected chi connectivity index (χ2v) is 4.33. The van der Waals surface area contributed by atoms with Gasteiger partial charge in [0, 0.05) is 24.0 Å². The smallest absolute Gasteiger partial charge is 0.280 e. The lowest BCUT2D eigenvalue weighted by Gasteiger charge is -2.29. The normalized spacial score (nSPS) is 14.3. The van der Waals surface area contributed by atoms with Crippen LogP contribution in [0.15, 0.2) is 35.1 Å². The van der Waals surface area contributed by atoms with Gasteiger partial charge in [0.25, 0.3) is 5.91 Å². The summed E-state index contributed by atoms with van der Waals surface area (Å²) in [5, 5.41) is 3.69. The summed E-state index contributed by atoms with van der Waals surface area (Å²) in [6, 6.07) is 7.21. The third-order valence-corrected chi connectivity index (χ3v) is 3.12. The first-order chi connectivity index (χ1) is 8.75. The van der Waals surface area contributed by atoms with Gasteiger partial charge in [0.05, 0.1) is 0 Å². The van der Waals surface area contributed by atoms with E-state index in [0.717, 1.165) is 29.8 Å². The quantitative estimate of drug-likeness (QED) is 0.776. The second kappa shape index (κ2) is 4.18. The van der Waals surface area contributed by atoms with Gasteiger partial charge in [0.1, 0.15) is 6.26 Å². The summed E-state index contributed by atoms with van der Waals surface area (Å²) in [5.41, 5.74) is 8.86. The van der Waals surface area contributed by atoms with Crippen LogP contribution >= 0.6 is 0 Å². The molecule has 0 fully saturated rings. The second-order valence-electron chi connectivity index (χ2n) is 4.33. The maximum Gasteiger partial charge on any atom is 0.280 e. The molecule has 5 heteroatoms. The van der Waals surface area contributed by atoms with E-state index in [4.69, 9.17) is 10.3 Å². The van der Waals surface area contributed by atoms with E-state index in [1.54, 1.807) is 11.0 Å². The van der Waals surface area contributed by atoms with Crippen LogP contribution in [0.2, 0.25) is 0 Å². The number of fused-ring (bicyclic) bond motifs is 1. The van der Waals surface area contributed by atoms with Crippen molar-refractivity contribution in [1.82, 2.24) is 5.16 Å². The number of benzene rings is 1. The molecule has 1 aromatic carbocycles. The van der Waals surface area contributed by atoms with Crippen LogP contribution in [0, 0.1) is 0 Å². The number of amides is 1. The van der Waals surface area contributed by atoms with E-state index in [-0.39, 0.29) is 5.91 Å². The van der Waals surface area contributed by atoms with Crippen LogP contribution in [0.1, 0.15) is 22.5 Å². The van der Waals surface area contributed by atoms with E-state index in [2.05, 4.69) is 5.16 Å². The van der Waals surface area contributed by atoms with Gasteiger partial charge >= 0.3 is 0 Å². The lowest BCUT2D eigenvalue weighted by atomic mass is 10.0. The van der Waals surface area contributed by atoms with Crippen LogP contribution in [0.3, 0.4) is 0 Å². The summed E-state index contributed by atoms with van der Waals surface area (Å²) in [7, 11) is 0. The van der Waals surface area contributed by atoms with Crippen LogP contribution in [-0.2, 0) is 6.42 Å². The zero-order chi connectivity index (χ0) is 12.5. The molecule has 0 saturated heterocycles. The summed E-state index contributed by atoms with van der Waals surface area (Å²) in [4.78, 5) is 14.0. The Morgan fingerprint density at radius 2 is 2.28 bits per heavy atom. The van der Waals surface area contributed by atoms with Gasteiger partial charge in [0.15, 0.2) is 5.69 Å². The summed E-state index contributed by atoms with van der Waals surface area (Å²) >= 11 is 0. The first kappa shape index (κ1) is 10.8. The number of carbonyl (C=O) groups excluding carboxylic acids is 1. The first-order valence-corrected chi connectivity index (χ1v) is 5.86. The van der Waals surface area contributed by atoms with Crippen molar-refractivity contribution in [2.45, 2.75) is 12.8 Å². The fraction of sp³-hybridized carbons (Fsp3) is 0.231. The fourth-order valence-electron chi connectivity index (χ4n) is 2.29. The Bertz CT molecular complexity index is 578. The van der Waals surface area contributed by atoms with E-state index >= 15 is 0 Å². The molecule has 0 unspecified atom stereocenters. The standard InChI is InChI=1S/C13H13N3O2/c14-10-3-4-12-9(8-10)2-1-6-16(12)13(17)11-5-7-18-15-11/h3-5,7-8H,1-2,6,14H2. The first-order valence-electron chi connectivity index (χ1n) is 5.86. The number of nitrogen functional groups attached to an aromatic ring is 1. The molecule has 1 aromatic heterocycles. The highest BCUT2D eigenvalue weighted by molar-refractivity contribution is 6.05. The molecule has 0 aliphatic carbocycles. The molecule has 2 aromatic rings. The Morgan fingerprint density at radius 1 is 1.39 bits per heavy atom. The van der Waals surface area contributed by atoms with Gasteiger partial charge in [-0.3, -0.25) is 4.79 Å². The van der Waals surface area contributed by atoms with E-state index in [1.165, 1.54) is 6.26 Å². The number of nitrogens with two attached hydrogens (primary N) is 1. The zero-order valence-corrected chi connectivity index (χ0v) is 9.80.